The molecule has 80 valence electrons. The average molecular weight is 207 g/mol. The lowest BCUT2D eigenvalue weighted by Gasteiger charge is -2.05. The first kappa shape index (κ1) is 10.1. The Bertz CT molecular complexity index is 365. The lowest BCUT2D eigenvalue weighted by Crippen LogP contribution is -2.12. The predicted molar refractivity (Wildman–Crippen MR) is 57.1 cm³/mol. The standard InChI is InChI=1S/C12H14FNO/c1-8-4-10(13)7-11(5-8)14-12(15)6-9-2-3-9/h4-5,7,9H,2-3,6H2,1H3,(H,14,15). The molecule has 15 heavy (non-hydrogen) atoms. The average Bonchev–Trinajstić information content (AvgIpc) is 2.85. The van der Waals surface area contributed by atoms with Crippen molar-refractivity contribution in [2.45, 2.75) is 26.2 Å². The molecule has 1 N–H and O–H groups in total. The van der Waals surface area contributed by atoms with E-state index in [0.29, 0.717) is 18.0 Å². The van der Waals surface area contributed by atoms with Crippen LogP contribution in [0.15, 0.2) is 18.2 Å². The molecule has 0 bridgehead atoms. The minimum Gasteiger partial charge on any atom is -0.326 e. The van der Waals surface area contributed by atoms with Crippen molar-refractivity contribution in [3.63, 3.8) is 0 Å². The van der Waals surface area contributed by atoms with Gasteiger partial charge < -0.3 is 5.32 Å². The van der Waals surface area contributed by atoms with Crippen LogP contribution in [0.2, 0.25) is 0 Å². The third kappa shape index (κ3) is 3.05. The number of amides is 1. The van der Waals surface area contributed by atoms with E-state index in [0.717, 1.165) is 18.4 Å². The topological polar surface area (TPSA) is 29.1 Å². The van der Waals surface area contributed by atoms with Crippen LogP contribution in [0, 0.1) is 18.7 Å². The number of rotatable bonds is 3. The Labute approximate surface area is 88.5 Å². The van der Waals surface area contributed by atoms with Gasteiger partial charge in [0.2, 0.25) is 5.91 Å². The summed E-state index contributed by atoms with van der Waals surface area (Å²) in [5.41, 5.74) is 1.37. The Morgan fingerprint density at radius 1 is 1.47 bits per heavy atom. The van der Waals surface area contributed by atoms with E-state index in [1.54, 1.807) is 13.0 Å². The van der Waals surface area contributed by atoms with Gasteiger partial charge in [-0.05, 0) is 49.4 Å². The normalized spacial score (nSPS) is 15.1. The van der Waals surface area contributed by atoms with Crippen LogP contribution in [0.25, 0.3) is 0 Å². The molecule has 1 amide bonds. The largest absolute Gasteiger partial charge is 0.326 e. The fourth-order valence-corrected chi connectivity index (χ4v) is 1.60. The molecule has 0 atom stereocenters. The maximum absolute atomic E-state index is 13.0. The lowest BCUT2D eigenvalue weighted by atomic mass is 10.2. The maximum atomic E-state index is 13.0. The Morgan fingerprint density at radius 3 is 2.80 bits per heavy atom. The third-order valence-electron chi connectivity index (χ3n) is 2.50. The van der Waals surface area contributed by atoms with Gasteiger partial charge in [-0.15, -0.1) is 0 Å². The smallest absolute Gasteiger partial charge is 0.224 e. The van der Waals surface area contributed by atoms with E-state index in [1.807, 2.05) is 0 Å². The van der Waals surface area contributed by atoms with E-state index in [-0.39, 0.29) is 11.7 Å². The number of halogens is 1. The first-order chi connectivity index (χ1) is 7.13. The van der Waals surface area contributed by atoms with E-state index in [4.69, 9.17) is 0 Å². The van der Waals surface area contributed by atoms with Crippen molar-refractivity contribution in [3.05, 3.63) is 29.6 Å². The van der Waals surface area contributed by atoms with Crippen molar-refractivity contribution in [2.75, 3.05) is 5.32 Å². The second-order valence-electron chi connectivity index (χ2n) is 4.21. The zero-order valence-electron chi connectivity index (χ0n) is 8.72. The summed E-state index contributed by atoms with van der Waals surface area (Å²) in [4.78, 5) is 11.5. The quantitative estimate of drug-likeness (QED) is 0.811. The fraction of sp³-hybridized carbons (Fsp3) is 0.417. The van der Waals surface area contributed by atoms with Crippen LogP contribution in [-0.2, 0) is 4.79 Å². The van der Waals surface area contributed by atoms with Gasteiger partial charge in [-0.1, -0.05) is 0 Å². The van der Waals surface area contributed by atoms with Gasteiger partial charge >= 0.3 is 0 Å². The van der Waals surface area contributed by atoms with E-state index in [2.05, 4.69) is 5.32 Å². The molecule has 0 heterocycles. The van der Waals surface area contributed by atoms with Crippen LogP contribution in [0.5, 0.6) is 0 Å². The molecule has 1 aliphatic rings. The van der Waals surface area contributed by atoms with Gasteiger partial charge in [0.25, 0.3) is 0 Å². The summed E-state index contributed by atoms with van der Waals surface area (Å²) in [5.74, 6) is 0.235. The van der Waals surface area contributed by atoms with Crippen LogP contribution in [-0.4, -0.2) is 5.91 Å². The number of hydrogen-bond acceptors (Lipinski definition) is 1. The Kier molecular flexibility index (Phi) is 2.71. The molecule has 0 aromatic heterocycles. The number of hydrogen-bond donors (Lipinski definition) is 1. The molecule has 1 fully saturated rings. The van der Waals surface area contributed by atoms with Crippen molar-refractivity contribution in [1.29, 1.82) is 0 Å². The molecule has 1 aromatic rings. The Balaban J connectivity index is 1.99. The van der Waals surface area contributed by atoms with Gasteiger partial charge in [-0.3, -0.25) is 4.79 Å². The molecule has 1 aromatic carbocycles. The number of nitrogens with one attached hydrogen (secondary N) is 1. The van der Waals surface area contributed by atoms with E-state index < -0.39 is 0 Å². The Hall–Kier alpha value is -1.38. The first-order valence-corrected chi connectivity index (χ1v) is 5.20. The summed E-state index contributed by atoms with van der Waals surface area (Å²) >= 11 is 0. The molecule has 1 saturated carbocycles. The number of aryl methyl sites for hydroxylation is 1. The predicted octanol–water partition coefficient (Wildman–Crippen LogP) is 2.87. The molecule has 2 nitrogen and oxygen atoms in total. The molecule has 0 aliphatic heterocycles. The lowest BCUT2D eigenvalue weighted by molar-refractivity contribution is -0.116. The SMILES string of the molecule is Cc1cc(F)cc(NC(=O)CC2CC2)c1. The highest BCUT2D eigenvalue weighted by Gasteiger charge is 2.24. The maximum Gasteiger partial charge on any atom is 0.224 e. The zero-order chi connectivity index (χ0) is 10.8. The monoisotopic (exact) mass is 207 g/mol. The highest BCUT2D eigenvalue weighted by atomic mass is 19.1. The van der Waals surface area contributed by atoms with E-state index >= 15 is 0 Å². The van der Waals surface area contributed by atoms with E-state index in [1.165, 1.54) is 12.1 Å². The van der Waals surface area contributed by atoms with Crippen LogP contribution in [0.3, 0.4) is 0 Å². The van der Waals surface area contributed by atoms with Gasteiger partial charge in [0.05, 0.1) is 0 Å². The van der Waals surface area contributed by atoms with Crippen LogP contribution < -0.4 is 5.32 Å². The molecular formula is C12H14FNO. The van der Waals surface area contributed by atoms with Crippen LogP contribution in [0.4, 0.5) is 10.1 Å². The molecule has 3 heteroatoms. The summed E-state index contributed by atoms with van der Waals surface area (Å²) in [7, 11) is 0. The van der Waals surface area contributed by atoms with Crippen LogP contribution >= 0.6 is 0 Å². The molecule has 1 aliphatic carbocycles. The van der Waals surface area contributed by atoms with Gasteiger partial charge in [-0.25, -0.2) is 4.39 Å². The minimum atomic E-state index is -0.309. The van der Waals surface area contributed by atoms with E-state index in [9.17, 15) is 9.18 Å². The van der Waals surface area contributed by atoms with Crippen molar-refractivity contribution in [2.24, 2.45) is 5.92 Å². The zero-order valence-corrected chi connectivity index (χ0v) is 8.72. The summed E-state index contributed by atoms with van der Waals surface area (Å²) < 4.78 is 13.0. The van der Waals surface area contributed by atoms with Crippen LogP contribution in [0.1, 0.15) is 24.8 Å². The Morgan fingerprint density at radius 2 is 2.20 bits per heavy atom. The number of anilines is 1. The number of benzene rings is 1. The fourth-order valence-electron chi connectivity index (χ4n) is 1.60. The summed E-state index contributed by atoms with van der Waals surface area (Å²) in [6.07, 6.45) is 2.86. The third-order valence-corrected chi connectivity index (χ3v) is 2.50. The van der Waals surface area contributed by atoms with Gasteiger partial charge in [0.1, 0.15) is 5.82 Å². The highest BCUT2D eigenvalue weighted by molar-refractivity contribution is 5.91. The number of carbonyl (C=O) groups excluding carboxylic acids is 1. The van der Waals surface area contributed by atoms with Gasteiger partial charge in [0.15, 0.2) is 0 Å². The molecule has 0 saturated heterocycles. The molecule has 0 radical (unpaired) electrons. The molecular weight excluding hydrogens is 193 g/mol. The van der Waals surface area contributed by atoms with Crippen molar-refractivity contribution >= 4 is 11.6 Å². The summed E-state index contributed by atoms with van der Waals surface area (Å²) in [6, 6.07) is 4.56. The van der Waals surface area contributed by atoms with Crippen molar-refractivity contribution < 1.29 is 9.18 Å². The second kappa shape index (κ2) is 4.01. The molecule has 0 unspecified atom stereocenters. The van der Waals surface area contributed by atoms with Gasteiger partial charge in [0, 0.05) is 12.1 Å². The minimum absolute atomic E-state index is 0.0116. The van der Waals surface area contributed by atoms with Crippen molar-refractivity contribution in [1.82, 2.24) is 0 Å². The first-order valence-electron chi connectivity index (χ1n) is 5.20. The molecule has 2 rings (SSSR count). The van der Waals surface area contributed by atoms with Gasteiger partial charge in [-0.2, -0.15) is 0 Å². The number of carbonyl (C=O) groups is 1. The van der Waals surface area contributed by atoms with Crippen molar-refractivity contribution in [3.8, 4) is 0 Å². The summed E-state index contributed by atoms with van der Waals surface area (Å²) in [5, 5.41) is 2.72. The second-order valence-corrected chi connectivity index (χ2v) is 4.21. The summed E-state index contributed by atoms with van der Waals surface area (Å²) in [6.45, 7) is 1.81. The highest BCUT2D eigenvalue weighted by Crippen LogP contribution is 2.32. The molecule has 0 spiro atoms.